The fourth-order valence-corrected chi connectivity index (χ4v) is 1.86. The van der Waals surface area contributed by atoms with Crippen LogP contribution in [-0.4, -0.2) is 50.2 Å². The quantitative estimate of drug-likeness (QED) is 0.685. The number of nitrogens with one attached hydrogen (secondary N) is 1. The van der Waals surface area contributed by atoms with Gasteiger partial charge in [0.15, 0.2) is 0 Å². The molecule has 1 N–H and O–H groups in total. The van der Waals surface area contributed by atoms with Crippen LogP contribution in [0.3, 0.4) is 0 Å². The van der Waals surface area contributed by atoms with Crippen LogP contribution in [0.1, 0.15) is 12.8 Å². The Bertz CT molecular complexity index is 214. The van der Waals surface area contributed by atoms with Crippen LogP contribution in [0.15, 0.2) is 0 Å². The summed E-state index contributed by atoms with van der Waals surface area (Å²) in [7, 11) is 1.91. The summed E-state index contributed by atoms with van der Waals surface area (Å²) < 4.78 is 5.54. The number of hydrogen-bond acceptors (Lipinski definition) is 3. The highest BCUT2D eigenvalue weighted by Crippen LogP contribution is 2.31. The van der Waals surface area contributed by atoms with E-state index in [1.54, 1.807) is 0 Å². The normalized spacial score (nSPS) is 27.8. The van der Waals surface area contributed by atoms with Gasteiger partial charge in [0.2, 0.25) is 5.91 Å². The zero-order valence-electron chi connectivity index (χ0n) is 8.66. The first kappa shape index (κ1) is 9.93. The Hall–Kier alpha value is -0.610. The fourth-order valence-electron chi connectivity index (χ4n) is 1.86. The Morgan fingerprint density at radius 1 is 1.57 bits per heavy atom. The first-order valence-corrected chi connectivity index (χ1v) is 5.36. The van der Waals surface area contributed by atoms with Crippen molar-refractivity contribution in [1.82, 2.24) is 10.2 Å². The van der Waals surface area contributed by atoms with Crippen LogP contribution in [0.2, 0.25) is 0 Å². The Morgan fingerprint density at radius 2 is 2.36 bits per heavy atom. The molecule has 14 heavy (non-hydrogen) atoms. The van der Waals surface area contributed by atoms with Gasteiger partial charge in [-0.15, -0.1) is 0 Å². The molecule has 2 aliphatic rings. The molecular weight excluding hydrogens is 180 g/mol. The molecule has 1 atom stereocenters. The maximum atomic E-state index is 11.8. The second-order valence-corrected chi connectivity index (χ2v) is 4.11. The van der Waals surface area contributed by atoms with Crippen LogP contribution in [0, 0.1) is 5.92 Å². The Kier molecular flexibility index (Phi) is 3.03. The number of likely N-dealkylation sites (N-methyl/N-ethyl adjacent to an activating group) is 1. The van der Waals surface area contributed by atoms with Crippen LogP contribution in [-0.2, 0) is 9.53 Å². The summed E-state index contributed by atoms with van der Waals surface area (Å²) in [6.07, 6.45) is 2.36. The summed E-state index contributed by atoms with van der Waals surface area (Å²) in [6, 6.07) is 0. The van der Waals surface area contributed by atoms with Gasteiger partial charge >= 0.3 is 0 Å². The lowest BCUT2D eigenvalue weighted by Gasteiger charge is -2.33. The van der Waals surface area contributed by atoms with Crippen LogP contribution >= 0.6 is 0 Å². The third kappa shape index (κ3) is 2.25. The predicted octanol–water partition coefficient (Wildman–Crippen LogP) is -0.157. The van der Waals surface area contributed by atoms with Crippen molar-refractivity contribution < 1.29 is 9.53 Å². The molecule has 0 aromatic heterocycles. The summed E-state index contributed by atoms with van der Waals surface area (Å²) in [6.45, 7) is 3.05. The minimum atomic E-state index is 0.177. The first-order chi connectivity index (χ1) is 6.81. The number of rotatable bonds is 3. The summed E-state index contributed by atoms with van der Waals surface area (Å²) in [4.78, 5) is 13.7. The van der Waals surface area contributed by atoms with Gasteiger partial charge in [0.1, 0.15) is 0 Å². The van der Waals surface area contributed by atoms with E-state index >= 15 is 0 Å². The molecule has 2 fully saturated rings. The molecule has 0 aromatic rings. The SMILES string of the molecule is CNC[C@@H]1CN(C(=O)C2CC2)CCO1. The molecule has 1 aliphatic carbocycles. The summed E-state index contributed by atoms with van der Waals surface area (Å²) in [5, 5.41) is 3.08. The lowest BCUT2D eigenvalue weighted by molar-refractivity contribution is -0.139. The number of carbonyl (C=O) groups excluding carboxylic acids is 1. The molecule has 0 aromatic carbocycles. The molecule has 1 saturated carbocycles. The van der Waals surface area contributed by atoms with Gasteiger partial charge in [0.05, 0.1) is 12.7 Å². The largest absolute Gasteiger partial charge is 0.373 e. The van der Waals surface area contributed by atoms with Gasteiger partial charge in [-0.2, -0.15) is 0 Å². The molecule has 80 valence electrons. The Morgan fingerprint density at radius 3 is 3.00 bits per heavy atom. The molecule has 1 saturated heterocycles. The van der Waals surface area contributed by atoms with E-state index in [1.165, 1.54) is 0 Å². The first-order valence-electron chi connectivity index (χ1n) is 5.36. The van der Waals surface area contributed by atoms with E-state index < -0.39 is 0 Å². The molecule has 1 amide bonds. The maximum Gasteiger partial charge on any atom is 0.225 e. The molecule has 0 unspecified atom stereocenters. The van der Waals surface area contributed by atoms with Crippen LogP contribution < -0.4 is 5.32 Å². The van der Waals surface area contributed by atoms with E-state index in [9.17, 15) is 4.79 Å². The standard InChI is InChI=1S/C10H18N2O2/c1-11-6-9-7-12(4-5-14-9)10(13)8-2-3-8/h8-9,11H,2-7H2,1H3/t9-/m1/s1. The van der Waals surface area contributed by atoms with Crippen LogP contribution in [0.5, 0.6) is 0 Å². The van der Waals surface area contributed by atoms with Crippen molar-refractivity contribution in [3.63, 3.8) is 0 Å². The minimum absolute atomic E-state index is 0.177. The van der Waals surface area contributed by atoms with Crippen LogP contribution in [0.4, 0.5) is 0 Å². The molecule has 4 nitrogen and oxygen atoms in total. The van der Waals surface area contributed by atoms with Gasteiger partial charge in [-0.1, -0.05) is 0 Å². The van der Waals surface area contributed by atoms with E-state index in [1.807, 2.05) is 11.9 Å². The summed E-state index contributed by atoms with van der Waals surface area (Å²) >= 11 is 0. The molecule has 0 bridgehead atoms. The van der Waals surface area contributed by atoms with Gasteiger partial charge < -0.3 is 15.0 Å². The number of ether oxygens (including phenoxy) is 1. The van der Waals surface area contributed by atoms with Crippen molar-refractivity contribution in [2.24, 2.45) is 5.92 Å². The second kappa shape index (κ2) is 4.28. The summed E-state index contributed by atoms with van der Waals surface area (Å²) in [5.41, 5.74) is 0. The fraction of sp³-hybridized carbons (Fsp3) is 0.900. The molecule has 4 heteroatoms. The average molecular weight is 198 g/mol. The average Bonchev–Trinajstić information content (AvgIpc) is 3.01. The molecule has 2 rings (SSSR count). The monoisotopic (exact) mass is 198 g/mol. The highest BCUT2D eigenvalue weighted by Gasteiger charge is 2.35. The van der Waals surface area contributed by atoms with Gasteiger partial charge in [-0.25, -0.2) is 0 Å². The zero-order valence-corrected chi connectivity index (χ0v) is 8.66. The van der Waals surface area contributed by atoms with E-state index in [-0.39, 0.29) is 6.10 Å². The molecular formula is C10H18N2O2. The molecule has 0 spiro atoms. The summed E-state index contributed by atoms with van der Waals surface area (Å²) in [5.74, 6) is 0.678. The molecule has 1 aliphatic heterocycles. The second-order valence-electron chi connectivity index (χ2n) is 4.11. The number of morpholine rings is 1. The maximum absolute atomic E-state index is 11.8. The third-order valence-corrected chi connectivity index (χ3v) is 2.81. The Balaban J connectivity index is 1.83. The van der Waals surface area contributed by atoms with E-state index in [2.05, 4.69) is 5.32 Å². The third-order valence-electron chi connectivity index (χ3n) is 2.81. The van der Waals surface area contributed by atoms with Crippen molar-refractivity contribution in [3.05, 3.63) is 0 Å². The van der Waals surface area contributed by atoms with Crippen molar-refractivity contribution >= 4 is 5.91 Å². The number of amides is 1. The van der Waals surface area contributed by atoms with Gasteiger partial charge in [0, 0.05) is 25.6 Å². The highest BCUT2D eigenvalue weighted by molar-refractivity contribution is 5.81. The van der Waals surface area contributed by atoms with E-state index in [0.717, 1.165) is 32.5 Å². The lowest BCUT2D eigenvalue weighted by Crippen LogP contribution is -2.49. The van der Waals surface area contributed by atoms with Gasteiger partial charge in [-0.05, 0) is 19.9 Å². The van der Waals surface area contributed by atoms with Crippen molar-refractivity contribution in [1.29, 1.82) is 0 Å². The minimum Gasteiger partial charge on any atom is -0.373 e. The smallest absolute Gasteiger partial charge is 0.225 e. The number of carbonyl (C=O) groups is 1. The van der Waals surface area contributed by atoms with Crippen molar-refractivity contribution in [2.45, 2.75) is 18.9 Å². The highest BCUT2D eigenvalue weighted by atomic mass is 16.5. The number of nitrogens with zero attached hydrogens (tertiary/aromatic N) is 1. The molecule has 0 radical (unpaired) electrons. The Labute approximate surface area is 84.6 Å². The van der Waals surface area contributed by atoms with Crippen LogP contribution in [0.25, 0.3) is 0 Å². The topological polar surface area (TPSA) is 41.6 Å². The van der Waals surface area contributed by atoms with E-state index in [0.29, 0.717) is 18.4 Å². The van der Waals surface area contributed by atoms with Crippen molar-refractivity contribution in [3.8, 4) is 0 Å². The van der Waals surface area contributed by atoms with E-state index in [4.69, 9.17) is 4.74 Å². The molecule has 1 heterocycles. The van der Waals surface area contributed by atoms with Gasteiger partial charge in [0.25, 0.3) is 0 Å². The predicted molar refractivity (Wildman–Crippen MR) is 53.0 cm³/mol. The number of hydrogen-bond donors (Lipinski definition) is 1. The van der Waals surface area contributed by atoms with Crippen molar-refractivity contribution in [2.75, 3.05) is 33.3 Å². The zero-order chi connectivity index (χ0) is 9.97. The lowest BCUT2D eigenvalue weighted by atomic mass is 10.2. The van der Waals surface area contributed by atoms with Gasteiger partial charge in [-0.3, -0.25) is 4.79 Å².